The summed E-state index contributed by atoms with van der Waals surface area (Å²) < 4.78 is 13.6. The Labute approximate surface area is 200 Å². The Bertz CT molecular complexity index is 1430. The number of carbonyl (C=O) groups excluding carboxylic acids is 2. The molecule has 34 heavy (non-hydrogen) atoms. The Kier molecular flexibility index (Phi) is 5.63. The first-order valence-electron chi connectivity index (χ1n) is 10.8. The van der Waals surface area contributed by atoms with Gasteiger partial charge in [-0.1, -0.05) is 18.2 Å². The van der Waals surface area contributed by atoms with E-state index in [1.807, 2.05) is 41.9 Å². The smallest absolute Gasteiger partial charge is 0.258 e. The van der Waals surface area contributed by atoms with Crippen molar-refractivity contribution >= 4 is 45.9 Å². The molecule has 0 saturated heterocycles. The van der Waals surface area contributed by atoms with Crippen molar-refractivity contribution < 1.29 is 14.0 Å². The predicted octanol–water partition coefficient (Wildman–Crippen LogP) is 6.66. The van der Waals surface area contributed by atoms with Gasteiger partial charge >= 0.3 is 0 Å². The number of carbonyl (C=O) groups is 2. The van der Waals surface area contributed by atoms with Crippen LogP contribution >= 0.6 is 11.3 Å². The number of benzene rings is 3. The summed E-state index contributed by atoms with van der Waals surface area (Å²) in [5.74, 6) is -0.980. The lowest BCUT2D eigenvalue weighted by molar-refractivity contribution is 0.0983. The number of anilines is 4. The van der Waals surface area contributed by atoms with Crippen molar-refractivity contribution in [2.75, 3.05) is 15.5 Å². The quantitative estimate of drug-likeness (QED) is 0.351. The van der Waals surface area contributed by atoms with Gasteiger partial charge in [0.25, 0.3) is 11.8 Å². The Morgan fingerprint density at radius 1 is 0.941 bits per heavy atom. The van der Waals surface area contributed by atoms with Crippen LogP contribution in [0.3, 0.4) is 0 Å². The van der Waals surface area contributed by atoms with Gasteiger partial charge in [-0.2, -0.15) is 0 Å². The lowest BCUT2D eigenvalue weighted by Crippen LogP contribution is -2.30. The van der Waals surface area contributed by atoms with Gasteiger partial charge in [0.2, 0.25) is 0 Å². The van der Waals surface area contributed by atoms with Gasteiger partial charge in [0.1, 0.15) is 5.82 Å². The molecule has 0 atom stereocenters. The predicted molar refractivity (Wildman–Crippen MR) is 135 cm³/mol. The van der Waals surface area contributed by atoms with Crippen LogP contribution in [0, 0.1) is 19.7 Å². The Morgan fingerprint density at radius 2 is 1.76 bits per heavy atom. The molecule has 0 unspecified atom stereocenters. The summed E-state index contributed by atoms with van der Waals surface area (Å²) in [7, 11) is 0. The number of amides is 2. The molecule has 3 aromatic carbocycles. The van der Waals surface area contributed by atoms with Gasteiger partial charge in [-0.25, -0.2) is 4.39 Å². The van der Waals surface area contributed by atoms with Crippen LogP contribution in [0.15, 0.2) is 71.4 Å². The molecular weight excluding hydrogens is 449 g/mol. The maximum absolute atomic E-state index is 13.7. The number of halogens is 1. The fourth-order valence-corrected chi connectivity index (χ4v) is 4.90. The molecule has 2 N–H and O–H groups in total. The van der Waals surface area contributed by atoms with E-state index in [9.17, 15) is 14.0 Å². The molecule has 5 nitrogen and oxygen atoms in total. The number of hydrogen-bond donors (Lipinski definition) is 2. The molecule has 0 fully saturated rings. The van der Waals surface area contributed by atoms with Gasteiger partial charge < -0.3 is 15.5 Å². The summed E-state index contributed by atoms with van der Waals surface area (Å²) in [5, 5.41) is 10.3. The Morgan fingerprint density at radius 3 is 2.59 bits per heavy atom. The van der Waals surface area contributed by atoms with Gasteiger partial charge in [-0.15, -0.1) is 11.3 Å². The molecule has 0 radical (unpaired) electrons. The van der Waals surface area contributed by atoms with Crippen LogP contribution in [0.4, 0.5) is 27.1 Å². The molecule has 0 saturated carbocycles. The van der Waals surface area contributed by atoms with Crippen LogP contribution in [-0.2, 0) is 6.54 Å². The van der Waals surface area contributed by atoms with Crippen LogP contribution in [0.5, 0.6) is 0 Å². The van der Waals surface area contributed by atoms with E-state index in [0.29, 0.717) is 23.4 Å². The number of hydrogen-bond acceptors (Lipinski definition) is 4. The van der Waals surface area contributed by atoms with E-state index < -0.39 is 11.7 Å². The van der Waals surface area contributed by atoms with Gasteiger partial charge in [-0.05, 0) is 72.8 Å². The third kappa shape index (κ3) is 4.06. The van der Waals surface area contributed by atoms with E-state index in [1.54, 1.807) is 47.4 Å². The Hall–Kier alpha value is -3.97. The molecule has 170 valence electrons. The maximum atomic E-state index is 13.7. The number of nitrogens with one attached hydrogen (secondary N) is 2. The van der Waals surface area contributed by atoms with Crippen LogP contribution in [-0.4, -0.2) is 11.8 Å². The summed E-state index contributed by atoms with van der Waals surface area (Å²) in [6.07, 6.45) is 0. The van der Waals surface area contributed by atoms with Crippen molar-refractivity contribution in [1.82, 2.24) is 0 Å². The molecule has 2 heterocycles. The second-order valence-electron chi connectivity index (χ2n) is 8.29. The standard InChI is InChI=1S/C27H22FN3O2S/c1-16-7-8-19(28)12-22(16)26(32)29-20-9-10-21(17(2)11-20)27(33)31-13-18-14-34-15-24(18)30-23-5-3-4-6-25(23)31/h3-12,14-15,30H,13H2,1-2H3,(H,29,32). The molecule has 1 aromatic heterocycles. The summed E-state index contributed by atoms with van der Waals surface area (Å²) in [6.45, 7) is 4.06. The monoisotopic (exact) mass is 471 g/mol. The largest absolute Gasteiger partial charge is 0.353 e. The third-order valence-corrected chi connectivity index (χ3v) is 6.73. The number of thiophene rings is 1. The average Bonchev–Trinajstić information content (AvgIpc) is 3.19. The lowest BCUT2D eigenvalue weighted by atomic mass is 10.0. The van der Waals surface area contributed by atoms with Crippen LogP contribution in [0.25, 0.3) is 0 Å². The highest BCUT2D eigenvalue weighted by atomic mass is 32.1. The van der Waals surface area contributed by atoms with E-state index in [1.165, 1.54) is 12.1 Å². The van der Waals surface area contributed by atoms with Crippen molar-refractivity contribution in [1.29, 1.82) is 0 Å². The minimum absolute atomic E-state index is 0.121. The average molecular weight is 472 g/mol. The van der Waals surface area contributed by atoms with Crippen LogP contribution < -0.4 is 15.5 Å². The maximum Gasteiger partial charge on any atom is 0.258 e. The molecule has 1 aliphatic rings. The summed E-state index contributed by atoms with van der Waals surface area (Å²) in [4.78, 5) is 28.1. The molecule has 2 amide bonds. The molecule has 0 spiro atoms. The second kappa shape index (κ2) is 8.76. The zero-order valence-corrected chi connectivity index (χ0v) is 19.5. The number of fused-ring (bicyclic) bond motifs is 2. The first-order valence-corrected chi connectivity index (χ1v) is 11.8. The molecule has 4 aromatic rings. The SMILES string of the molecule is Cc1ccc(F)cc1C(=O)Nc1ccc(C(=O)N2Cc3cscc3Nc3ccccc32)c(C)c1. The summed E-state index contributed by atoms with van der Waals surface area (Å²) >= 11 is 1.60. The van der Waals surface area contributed by atoms with E-state index in [2.05, 4.69) is 10.6 Å². The van der Waals surface area contributed by atoms with Crippen molar-refractivity contribution in [2.24, 2.45) is 0 Å². The van der Waals surface area contributed by atoms with Crippen LogP contribution in [0.2, 0.25) is 0 Å². The number of para-hydroxylation sites is 2. The normalized spacial score (nSPS) is 12.3. The molecular formula is C27H22FN3O2S. The molecule has 7 heteroatoms. The van der Waals surface area contributed by atoms with E-state index in [0.717, 1.165) is 28.2 Å². The first-order chi connectivity index (χ1) is 16.4. The summed E-state index contributed by atoms with van der Waals surface area (Å²) in [5.41, 5.74) is 6.54. The number of nitrogens with zero attached hydrogens (tertiary/aromatic N) is 1. The van der Waals surface area contributed by atoms with Gasteiger partial charge in [-0.3, -0.25) is 9.59 Å². The molecule has 0 aliphatic carbocycles. The highest BCUT2D eigenvalue weighted by Crippen LogP contribution is 2.38. The zero-order chi connectivity index (χ0) is 23.8. The highest BCUT2D eigenvalue weighted by molar-refractivity contribution is 7.08. The molecule has 5 rings (SSSR count). The Balaban J connectivity index is 1.43. The van der Waals surface area contributed by atoms with Crippen molar-refractivity contribution in [2.45, 2.75) is 20.4 Å². The van der Waals surface area contributed by atoms with Gasteiger partial charge in [0.05, 0.1) is 23.6 Å². The van der Waals surface area contributed by atoms with Gasteiger partial charge in [0, 0.05) is 27.8 Å². The van der Waals surface area contributed by atoms with Gasteiger partial charge in [0.15, 0.2) is 0 Å². The lowest BCUT2D eigenvalue weighted by Gasteiger charge is -2.23. The third-order valence-electron chi connectivity index (χ3n) is 5.94. The minimum Gasteiger partial charge on any atom is -0.353 e. The molecule has 0 bridgehead atoms. The van der Waals surface area contributed by atoms with Crippen molar-refractivity contribution in [3.8, 4) is 0 Å². The fraction of sp³-hybridized carbons (Fsp3) is 0.111. The number of aryl methyl sites for hydroxylation is 2. The summed E-state index contributed by atoms with van der Waals surface area (Å²) in [6, 6.07) is 17.1. The van der Waals surface area contributed by atoms with E-state index >= 15 is 0 Å². The second-order valence-corrected chi connectivity index (χ2v) is 9.03. The fourth-order valence-electron chi connectivity index (χ4n) is 4.12. The van der Waals surface area contributed by atoms with Crippen molar-refractivity contribution in [3.63, 3.8) is 0 Å². The van der Waals surface area contributed by atoms with Crippen LogP contribution in [0.1, 0.15) is 37.4 Å². The minimum atomic E-state index is -0.464. The number of rotatable bonds is 3. The van der Waals surface area contributed by atoms with E-state index in [4.69, 9.17) is 0 Å². The first kappa shape index (κ1) is 21.9. The topological polar surface area (TPSA) is 61.4 Å². The highest BCUT2D eigenvalue weighted by Gasteiger charge is 2.26. The van der Waals surface area contributed by atoms with Crippen molar-refractivity contribution in [3.05, 3.63) is 105 Å². The molecule has 1 aliphatic heterocycles. The zero-order valence-electron chi connectivity index (χ0n) is 18.7. The van der Waals surface area contributed by atoms with E-state index in [-0.39, 0.29) is 11.5 Å².